The zero-order valence-electron chi connectivity index (χ0n) is 10.9. The molecule has 0 saturated heterocycles. The maximum atomic E-state index is 13.0. The van der Waals surface area contributed by atoms with Crippen LogP contribution >= 0.6 is 11.6 Å². The van der Waals surface area contributed by atoms with Crippen molar-refractivity contribution in [2.24, 2.45) is 0 Å². The molecule has 2 aromatic rings. The van der Waals surface area contributed by atoms with Crippen molar-refractivity contribution < 1.29 is 4.39 Å². The van der Waals surface area contributed by atoms with Crippen LogP contribution in [0.3, 0.4) is 0 Å². The lowest BCUT2D eigenvalue weighted by Gasteiger charge is -2.07. The van der Waals surface area contributed by atoms with Gasteiger partial charge in [-0.15, -0.1) is 0 Å². The molecule has 1 N–H and O–H groups in total. The normalized spacial score (nSPS) is 10.7. The first-order chi connectivity index (χ1) is 9.15. The highest BCUT2D eigenvalue weighted by Crippen LogP contribution is 2.16. The molecule has 0 heterocycles. The van der Waals surface area contributed by atoms with Gasteiger partial charge in [0.25, 0.3) is 0 Å². The molecule has 0 aliphatic carbocycles. The average Bonchev–Trinajstić information content (AvgIpc) is 2.39. The summed E-state index contributed by atoms with van der Waals surface area (Å²) in [6, 6.07) is 12.8. The summed E-state index contributed by atoms with van der Waals surface area (Å²) in [6.45, 7) is 3.58. The SMILES string of the molecule is Cc1ccc(CNCCc2cccc(F)c2)cc1Cl. The largest absolute Gasteiger partial charge is 0.312 e. The second-order valence-corrected chi connectivity index (χ2v) is 5.05. The lowest BCUT2D eigenvalue weighted by atomic mass is 10.1. The van der Waals surface area contributed by atoms with E-state index in [1.54, 1.807) is 12.1 Å². The van der Waals surface area contributed by atoms with Crippen LogP contribution in [0.1, 0.15) is 16.7 Å². The highest BCUT2D eigenvalue weighted by Gasteiger charge is 1.99. The van der Waals surface area contributed by atoms with Gasteiger partial charge in [-0.05, 0) is 54.8 Å². The third-order valence-corrected chi connectivity index (χ3v) is 3.45. The molecule has 0 amide bonds. The number of nitrogens with one attached hydrogen (secondary N) is 1. The summed E-state index contributed by atoms with van der Waals surface area (Å²) in [5, 5.41) is 4.13. The molecular weight excluding hydrogens is 261 g/mol. The van der Waals surface area contributed by atoms with Gasteiger partial charge in [0, 0.05) is 11.6 Å². The second kappa shape index (κ2) is 6.69. The van der Waals surface area contributed by atoms with Crippen LogP contribution in [0.15, 0.2) is 42.5 Å². The molecule has 0 aromatic heterocycles. The van der Waals surface area contributed by atoms with Crippen molar-refractivity contribution in [1.29, 1.82) is 0 Å². The van der Waals surface area contributed by atoms with E-state index in [4.69, 9.17) is 11.6 Å². The van der Waals surface area contributed by atoms with E-state index in [0.717, 1.165) is 41.2 Å². The van der Waals surface area contributed by atoms with Crippen LogP contribution in [0.25, 0.3) is 0 Å². The van der Waals surface area contributed by atoms with Crippen LogP contribution in [0.4, 0.5) is 4.39 Å². The monoisotopic (exact) mass is 277 g/mol. The molecule has 0 fully saturated rings. The van der Waals surface area contributed by atoms with E-state index in [9.17, 15) is 4.39 Å². The lowest BCUT2D eigenvalue weighted by molar-refractivity contribution is 0.622. The highest BCUT2D eigenvalue weighted by molar-refractivity contribution is 6.31. The second-order valence-electron chi connectivity index (χ2n) is 4.64. The predicted molar refractivity (Wildman–Crippen MR) is 78.0 cm³/mol. The summed E-state index contributed by atoms with van der Waals surface area (Å²) in [6.07, 6.45) is 0.817. The van der Waals surface area contributed by atoms with Gasteiger partial charge in [0.1, 0.15) is 5.82 Å². The molecule has 3 heteroatoms. The van der Waals surface area contributed by atoms with Gasteiger partial charge < -0.3 is 5.32 Å². The number of hydrogen-bond acceptors (Lipinski definition) is 1. The molecule has 0 bridgehead atoms. The number of hydrogen-bond donors (Lipinski definition) is 1. The van der Waals surface area contributed by atoms with Crippen molar-refractivity contribution in [3.63, 3.8) is 0 Å². The van der Waals surface area contributed by atoms with Gasteiger partial charge in [-0.25, -0.2) is 4.39 Å². The van der Waals surface area contributed by atoms with E-state index in [1.807, 2.05) is 25.1 Å². The summed E-state index contributed by atoms with van der Waals surface area (Å²) in [4.78, 5) is 0. The van der Waals surface area contributed by atoms with Crippen LogP contribution in [0, 0.1) is 12.7 Å². The summed E-state index contributed by atoms with van der Waals surface area (Å²) >= 11 is 6.07. The smallest absolute Gasteiger partial charge is 0.123 e. The Morgan fingerprint density at radius 2 is 1.95 bits per heavy atom. The fraction of sp³-hybridized carbons (Fsp3) is 0.250. The summed E-state index contributed by atoms with van der Waals surface area (Å²) in [5.74, 6) is -0.178. The molecule has 0 aliphatic rings. The lowest BCUT2D eigenvalue weighted by Crippen LogP contribution is -2.16. The molecule has 0 saturated carbocycles. The zero-order valence-corrected chi connectivity index (χ0v) is 11.7. The molecule has 0 aliphatic heterocycles. The first-order valence-corrected chi connectivity index (χ1v) is 6.73. The molecule has 0 spiro atoms. The Hall–Kier alpha value is -1.38. The Morgan fingerprint density at radius 3 is 2.68 bits per heavy atom. The minimum absolute atomic E-state index is 0.178. The standard InChI is InChI=1S/C16H17ClFN/c1-12-5-6-14(10-16(12)17)11-19-8-7-13-3-2-4-15(18)9-13/h2-6,9-10,19H,7-8,11H2,1H3. The minimum atomic E-state index is -0.178. The summed E-state index contributed by atoms with van der Waals surface area (Å²) < 4.78 is 13.0. The molecule has 19 heavy (non-hydrogen) atoms. The van der Waals surface area contributed by atoms with Crippen LogP contribution in [-0.2, 0) is 13.0 Å². The first kappa shape index (κ1) is 14.0. The Morgan fingerprint density at radius 1 is 1.11 bits per heavy atom. The van der Waals surface area contributed by atoms with Gasteiger partial charge in [-0.2, -0.15) is 0 Å². The van der Waals surface area contributed by atoms with Crippen molar-refractivity contribution in [1.82, 2.24) is 5.32 Å². The number of rotatable bonds is 5. The molecule has 1 nitrogen and oxygen atoms in total. The van der Waals surface area contributed by atoms with E-state index < -0.39 is 0 Å². The van der Waals surface area contributed by atoms with Crippen molar-refractivity contribution in [2.45, 2.75) is 19.9 Å². The summed E-state index contributed by atoms with van der Waals surface area (Å²) in [5.41, 5.74) is 3.26. The van der Waals surface area contributed by atoms with Gasteiger partial charge >= 0.3 is 0 Å². The fourth-order valence-electron chi connectivity index (χ4n) is 1.90. The van der Waals surface area contributed by atoms with E-state index in [0.29, 0.717) is 0 Å². The topological polar surface area (TPSA) is 12.0 Å². The van der Waals surface area contributed by atoms with Gasteiger partial charge in [-0.3, -0.25) is 0 Å². The van der Waals surface area contributed by atoms with Gasteiger partial charge in [-0.1, -0.05) is 35.9 Å². The maximum Gasteiger partial charge on any atom is 0.123 e. The Labute approximate surface area is 118 Å². The Kier molecular flexibility index (Phi) is 4.94. The van der Waals surface area contributed by atoms with Crippen molar-refractivity contribution in [3.05, 3.63) is 70.0 Å². The highest BCUT2D eigenvalue weighted by atomic mass is 35.5. The van der Waals surface area contributed by atoms with E-state index in [1.165, 1.54) is 6.07 Å². The zero-order chi connectivity index (χ0) is 13.7. The Balaban J connectivity index is 1.79. The van der Waals surface area contributed by atoms with E-state index in [2.05, 4.69) is 11.4 Å². The van der Waals surface area contributed by atoms with Crippen molar-refractivity contribution >= 4 is 11.6 Å². The molecule has 0 radical (unpaired) electrons. The molecule has 2 aromatic carbocycles. The third kappa shape index (κ3) is 4.34. The molecule has 0 atom stereocenters. The van der Waals surface area contributed by atoms with Crippen molar-refractivity contribution in [2.75, 3.05) is 6.54 Å². The predicted octanol–water partition coefficient (Wildman–Crippen LogP) is 4.12. The molecule has 2 rings (SSSR count). The van der Waals surface area contributed by atoms with E-state index in [-0.39, 0.29) is 5.82 Å². The van der Waals surface area contributed by atoms with Gasteiger partial charge in [0.2, 0.25) is 0 Å². The third-order valence-electron chi connectivity index (χ3n) is 3.04. The number of halogens is 2. The minimum Gasteiger partial charge on any atom is -0.312 e. The first-order valence-electron chi connectivity index (χ1n) is 6.35. The quantitative estimate of drug-likeness (QED) is 0.811. The van der Waals surface area contributed by atoms with Gasteiger partial charge in [0.05, 0.1) is 0 Å². The van der Waals surface area contributed by atoms with Crippen LogP contribution < -0.4 is 5.32 Å². The molecule has 0 unspecified atom stereocenters. The Bertz CT molecular complexity index is 554. The van der Waals surface area contributed by atoms with Gasteiger partial charge in [0.15, 0.2) is 0 Å². The van der Waals surface area contributed by atoms with Crippen LogP contribution in [-0.4, -0.2) is 6.54 Å². The number of aryl methyl sites for hydroxylation is 1. The average molecular weight is 278 g/mol. The fourth-order valence-corrected chi connectivity index (χ4v) is 2.11. The number of benzene rings is 2. The summed E-state index contributed by atoms with van der Waals surface area (Å²) in [7, 11) is 0. The van der Waals surface area contributed by atoms with Crippen LogP contribution in [0.5, 0.6) is 0 Å². The molecule has 100 valence electrons. The van der Waals surface area contributed by atoms with E-state index >= 15 is 0 Å². The molecular formula is C16H17ClFN. The maximum absolute atomic E-state index is 13.0. The van der Waals surface area contributed by atoms with Crippen molar-refractivity contribution in [3.8, 4) is 0 Å². The van der Waals surface area contributed by atoms with Crippen LogP contribution in [0.2, 0.25) is 5.02 Å².